The van der Waals surface area contributed by atoms with Crippen molar-refractivity contribution in [2.75, 3.05) is 0 Å². The molecule has 0 unspecified atom stereocenters. The van der Waals surface area contributed by atoms with E-state index in [1.54, 1.807) is 0 Å². The number of hydrogen-bond acceptors (Lipinski definition) is 0. The molecule has 0 bridgehead atoms. The molecule has 44 valence electrons. The summed E-state index contributed by atoms with van der Waals surface area (Å²) in [6.45, 7) is 0. The molecule has 0 aromatic carbocycles. The van der Waals surface area contributed by atoms with Gasteiger partial charge >= 0.3 is 0 Å². The van der Waals surface area contributed by atoms with Crippen LogP contribution in [0.1, 0.15) is 0 Å². The predicted molar refractivity (Wildman–Crippen MR) is 32.6 cm³/mol. The molecule has 0 aliphatic heterocycles. The Kier molecular flexibility index (Phi) is 648. The molecule has 1 nitrogen and oxygen atoms in total. The second kappa shape index (κ2) is 50.8. The SMILES string of the molecule is Cl.Cl.Cl.Cl.O.[Ce]. The number of hydrogen-bond donors (Lipinski definition) is 0. The topological polar surface area (TPSA) is 31.5 Å². The first-order valence-electron chi connectivity index (χ1n) is 0. The van der Waals surface area contributed by atoms with Gasteiger partial charge in [-0.25, -0.2) is 0 Å². The van der Waals surface area contributed by atoms with Gasteiger partial charge in [0, 0.05) is 41.7 Å². The first-order chi connectivity index (χ1) is 0. The minimum absolute atomic E-state index is 0. The Morgan fingerprint density at radius 3 is 0.500 bits per heavy atom. The summed E-state index contributed by atoms with van der Waals surface area (Å²) in [6.07, 6.45) is 0. The van der Waals surface area contributed by atoms with Gasteiger partial charge in [0.05, 0.1) is 0 Å². The van der Waals surface area contributed by atoms with E-state index in [1.165, 1.54) is 0 Å². The van der Waals surface area contributed by atoms with Crippen molar-refractivity contribution in [1.29, 1.82) is 0 Å². The van der Waals surface area contributed by atoms with Crippen molar-refractivity contribution < 1.29 is 47.2 Å². The van der Waals surface area contributed by atoms with E-state index >= 15 is 0 Å². The van der Waals surface area contributed by atoms with Gasteiger partial charge in [0.25, 0.3) is 0 Å². The van der Waals surface area contributed by atoms with Crippen LogP contribution >= 0.6 is 49.6 Å². The number of rotatable bonds is 0. The second-order valence-corrected chi connectivity index (χ2v) is 0. The zero-order valence-electron chi connectivity index (χ0n) is 2.63. The maximum Gasteiger partial charge on any atom is 0 e. The van der Waals surface area contributed by atoms with Crippen molar-refractivity contribution in [2.45, 2.75) is 0 Å². The Balaban J connectivity index is 0. The molecule has 0 aliphatic carbocycles. The smallest absolute Gasteiger partial charge is 0 e. The maximum atomic E-state index is 0. The maximum absolute atomic E-state index is 0. The molecule has 2 N–H and O–H groups in total. The Labute approximate surface area is 95.3 Å². The van der Waals surface area contributed by atoms with E-state index in [0.717, 1.165) is 0 Å². The molecule has 6 heavy (non-hydrogen) atoms. The van der Waals surface area contributed by atoms with Gasteiger partial charge in [-0.2, -0.15) is 0 Å². The molecule has 0 aromatic heterocycles. The van der Waals surface area contributed by atoms with E-state index in [9.17, 15) is 0 Å². The van der Waals surface area contributed by atoms with Gasteiger partial charge in [-0.15, -0.1) is 49.6 Å². The molecule has 0 saturated carbocycles. The zero-order valence-corrected chi connectivity index (χ0v) is 9.04. The van der Waals surface area contributed by atoms with Crippen LogP contribution in [0.3, 0.4) is 0 Å². The fourth-order valence-corrected chi connectivity index (χ4v) is 0. The molecule has 0 rings (SSSR count). The van der Waals surface area contributed by atoms with Crippen LogP contribution in [0.4, 0.5) is 0 Å². The minimum atomic E-state index is 0. The summed E-state index contributed by atoms with van der Waals surface area (Å²) >= 11 is 0. The normalized spacial score (nSPS) is 0. The summed E-state index contributed by atoms with van der Waals surface area (Å²) in [5.41, 5.74) is 0. The fraction of sp³-hybridized carbons (Fsp3) is 0. The molecule has 0 aliphatic rings. The molecule has 6 heteroatoms. The van der Waals surface area contributed by atoms with Gasteiger partial charge in [0.15, 0.2) is 0 Å². The van der Waals surface area contributed by atoms with Crippen LogP contribution in [0, 0.1) is 41.7 Å². The quantitative estimate of drug-likeness (QED) is 0.636. The molecule has 0 radical (unpaired) electrons. The third-order valence-electron chi connectivity index (χ3n) is 0. The summed E-state index contributed by atoms with van der Waals surface area (Å²) in [5.74, 6) is 0. The average molecular weight is 304 g/mol. The van der Waals surface area contributed by atoms with E-state index in [-0.39, 0.29) is 96.9 Å². The molecule has 0 fully saturated rings. The molecular weight excluding hydrogens is 298 g/mol. The Morgan fingerprint density at radius 2 is 0.500 bits per heavy atom. The summed E-state index contributed by atoms with van der Waals surface area (Å²) < 4.78 is 0. The molecule has 0 aromatic rings. The average Bonchev–Trinajstić information content (AvgIpc) is 0. The largest absolute Gasteiger partial charge is 0.412 e. The minimum Gasteiger partial charge on any atom is -0.412 e. The third-order valence-corrected chi connectivity index (χ3v) is 0. The van der Waals surface area contributed by atoms with Gasteiger partial charge in [-0.1, -0.05) is 0 Å². The van der Waals surface area contributed by atoms with Crippen molar-refractivity contribution in [2.24, 2.45) is 0 Å². The van der Waals surface area contributed by atoms with E-state index in [2.05, 4.69) is 0 Å². The Bertz CT molecular complexity index is 7.51. The monoisotopic (exact) mass is 302 g/mol. The van der Waals surface area contributed by atoms with Crippen LogP contribution in [0.5, 0.6) is 0 Å². The predicted octanol–water partition coefficient (Wildman–Crippen LogP) is 0.862. The van der Waals surface area contributed by atoms with E-state index in [4.69, 9.17) is 0 Å². The van der Waals surface area contributed by atoms with Crippen molar-refractivity contribution >= 4 is 49.6 Å². The Morgan fingerprint density at radius 1 is 0.500 bits per heavy atom. The van der Waals surface area contributed by atoms with E-state index in [1.807, 2.05) is 0 Å². The van der Waals surface area contributed by atoms with Gasteiger partial charge in [0.1, 0.15) is 0 Å². The molecule has 0 amide bonds. The van der Waals surface area contributed by atoms with Crippen molar-refractivity contribution in [3.8, 4) is 0 Å². The van der Waals surface area contributed by atoms with Gasteiger partial charge in [-0.05, 0) is 0 Å². The van der Waals surface area contributed by atoms with Crippen molar-refractivity contribution in [1.82, 2.24) is 0 Å². The van der Waals surface area contributed by atoms with Gasteiger partial charge in [0.2, 0.25) is 0 Å². The van der Waals surface area contributed by atoms with Crippen LogP contribution in [-0.4, -0.2) is 5.48 Å². The molecule has 0 saturated heterocycles. The van der Waals surface area contributed by atoms with Crippen LogP contribution in [0.2, 0.25) is 0 Å². The van der Waals surface area contributed by atoms with Gasteiger partial charge < -0.3 is 5.48 Å². The van der Waals surface area contributed by atoms with Gasteiger partial charge in [-0.3, -0.25) is 0 Å². The first kappa shape index (κ1) is 76.6. The van der Waals surface area contributed by atoms with Crippen LogP contribution < -0.4 is 0 Å². The zero-order chi connectivity index (χ0) is 0. The Hall–Kier alpha value is 2.50. The van der Waals surface area contributed by atoms with E-state index in [0.29, 0.717) is 0 Å². The third kappa shape index (κ3) is 31.5. The molecule has 0 spiro atoms. The summed E-state index contributed by atoms with van der Waals surface area (Å²) in [7, 11) is 0. The summed E-state index contributed by atoms with van der Waals surface area (Å²) in [6, 6.07) is 0. The molecule has 0 atom stereocenters. The molecule has 0 heterocycles. The first-order valence-corrected chi connectivity index (χ1v) is 0. The summed E-state index contributed by atoms with van der Waals surface area (Å²) in [5, 5.41) is 0. The van der Waals surface area contributed by atoms with E-state index < -0.39 is 0 Å². The van der Waals surface area contributed by atoms with Crippen LogP contribution in [0.25, 0.3) is 0 Å². The second-order valence-electron chi connectivity index (χ2n) is 0. The summed E-state index contributed by atoms with van der Waals surface area (Å²) in [4.78, 5) is 0. The fourth-order valence-electron chi connectivity index (χ4n) is 0. The van der Waals surface area contributed by atoms with Crippen LogP contribution in [0.15, 0.2) is 0 Å². The standard InChI is InChI=1S/Ce.4ClH.H2O/h;4*1H;1H2. The molecular formula is H6CeCl4O. The van der Waals surface area contributed by atoms with Crippen molar-refractivity contribution in [3.63, 3.8) is 0 Å². The van der Waals surface area contributed by atoms with Crippen LogP contribution in [-0.2, 0) is 0 Å². The number of halogens is 4. The van der Waals surface area contributed by atoms with Crippen molar-refractivity contribution in [3.05, 3.63) is 0 Å².